The van der Waals surface area contributed by atoms with Crippen LogP contribution in [0.2, 0.25) is 0 Å². The van der Waals surface area contributed by atoms with Crippen molar-refractivity contribution in [1.29, 1.82) is 0 Å². The molecule has 0 saturated heterocycles. The van der Waals surface area contributed by atoms with E-state index in [0.29, 0.717) is 6.54 Å². The summed E-state index contributed by atoms with van der Waals surface area (Å²) in [5, 5.41) is 4.83. The molecule has 0 radical (unpaired) electrons. The summed E-state index contributed by atoms with van der Waals surface area (Å²) in [7, 11) is 0. The molecular weight excluding hydrogens is 273 g/mol. The number of thiophene rings is 1. The lowest BCUT2D eigenvalue weighted by Crippen LogP contribution is -2.36. The second-order valence-corrected chi connectivity index (χ2v) is 6.47. The van der Waals surface area contributed by atoms with Crippen LogP contribution in [0.25, 0.3) is 0 Å². The van der Waals surface area contributed by atoms with Crippen LogP contribution in [0.3, 0.4) is 0 Å². The van der Waals surface area contributed by atoms with Gasteiger partial charge in [0.25, 0.3) is 5.91 Å². The monoisotopic (exact) mass is 291 g/mol. The molecule has 4 heteroatoms. The summed E-state index contributed by atoms with van der Waals surface area (Å²) < 4.78 is 13.7. The number of benzene rings is 1. The van der Waals surface area contributed by atoms with E-state index in [0.717, 1.165) is 5.56 Å². The van der Waals surface area contributed by atoms with Gasteiger partial charge in [-0.3, -0.25) is 4.79 Å². The van der Waals surface area contributed by atoms with Gasteiger partial charge >= 0.3 is 0 Å². The molecule has 1 aromatic heterocycles. The Morgan fingerprint density at radius 2 is 2.10 bits per heavy atom. The van der Waals surface area contributed by atoms with Gasteiger partial charge in [0, 0.05) is 16.8 Å². The Hall–Kier alpha value is -1.68. The Morgan fingerprint density at radius 3 is 2.70 bits per heavy atom. The van der Waals surface area contributed by atoms with Crippen molar-refractivity contribution in [1.82, 2.24) is 5.32 Å². The van der Waals surface area contributed by atoms with Gasteiger partial charge in [-0.25, -0.2) is 4.39 Å². The summed E-state index contributed by atoms with van der Waals surface area (Å²) in [6.07, 6.45) is 0. The van der Waals surface area contributed by atoms with Gasteiger partial charge in [0.15, 0.2) is 0 Å². The Kier molecular flexibility index (Phi) is 4.23. The summed E-state index contributed by atoms with van der Waals surface area (Å²) in [6, 6.07) is 8.67. The Bertz CT molecular complexity index is 605. The fourth-order valence-corrected chi connectivity index (χ4v) is 2.80. The van der Waals surface area contributed by atoms with Gasteiger partial charge in [0.05, 0.1) is 5.56 Å². The number of hydrogen-bond donors (Lipinski definition) is 1. The fraction of sp³-hybridized carbons (Fsp3) is 0.312. The Morgan fingerprint density at radius 1 is 1.35 bits per heavy atom. The van der Waals surface area contributed by atoms with E-state index in [1.807, 2.05) is 17.5 Å². The van der Waals surface area contributed by atoms with E-state index in [9.17, 15) is 9.18 Å². The lowest BCUT2D eigenvalue weighted by atomic mass is 9.91. The van der Waals surface area contributed by atoms with E-state index in [2.05, 4.69) is 19.2 Å². The first-order chi connectivity index (χ1) is 9.40. The van der Waals surface area contributed by atoms with Crippen molar-refractivity contribution < 1.29 is 9.18 Å². The number of aryl methyl sites for hydroxylation is 1. The van der Waals surface area contributed by atoms with Crippen LogP contribution >= 0.6 is 11.3 Å². The molecule has 0 saturated carbocycles. The lowest BCUT2D eigenvalue weighted by molar-refractivity contribution is 0.0942. The van der Waals surface area contributed by atoms with Crippen LogP contribution < -0.4 is 5.32 Å². The van der Waals surface area contributed by atoms with Crippen molar-refractivity contribution in [3.63, 3.8) is 0 Å². The maximum absolute atomic E-state index is 13.7. The van der Waals surface area contributed by atoms with Gasteiger partial charge < -0.3 is 5.32 Å². The number of halogens is 1. The van der Waals surface area contributed by atoms with Crippen molar-refractivity contribution >= 4 is 17.2 Å². The van der Waals surface area contributed by atoms with Crippen molar-refractivity contribution in [2.75, 3.05) is 6.54 Å². The maximum atomic E-state index is 13.7. The molecule has 2 nitrogen and oxygen atoms in total. The van der Waals surface area contributed by atoms with Crippen LogP contribution in [-0.4, -0.2) is 12.5 Å². The van der Waals surface area contributed by atoms with Gasteiger partial charge in [0.2, 0.25) is 0 Å². The van der Waals surface area contributed by atoms with Crippen LogP contribution in [0.5, 0.6) is 0 Å². The summed E-state index contributed by atoms with van der Waals surface area (Å²) >= 11 is 1.66. The van der Waals surface area contributed by atoms with Crippen LogP contribution in [0.1, 0.15) is 34.6 Å². The predicted molar refractivity (Wildman–Crippen MR) is 80.8 cm³/mol. The average molecular weight is 291 g/mol. The highest BCUT2D eigenvalue weighted by molar-refractivity contribution is 7.10. The first-order valence-electron chi connectivity index (χ1n) is 6.48. The number of hydrogen-bond acceptors (Lipinski definition) is 2. The molecule has 2 rings (SSSR count). The molecule has 1 amide bonds. The molecular formula is C16H18FNOS. The molecule has 2 aromatic rings. The minimum Gasteiger partial charge on any atom is -0.351 e. The van der Waals surface area contributed by atoms with Gasteiger partial charge in [0.1, 0.15) is 5.82 Å². The van der Waals surface area contributed by atoms with Crippen LogP contribution in [-0.2, 0) is 5.41 Å². The van der Waals surface area contributed by atoms with E-state index in [1.54, 1.807) is 24.3 Å². The normalized spacial score (nSPS) is 11.4. The van der Waals surface area contributed by atoms with Crippen molar-refractivity contribution in [3.8, 4) is 0 Å². The summed E-state index contributed by atoms with van der Waals surface area (Å²) in [6.45, 7) is 6.39. The first-order valence-corrected chi connectivity index (χ1v) is 7.36. The minimum atomic E-state index is -0.476. The van der Waals surface area contributed by atoms with E-state index in [4.69, 9.17) is 0 Å². The maximum Gasteiger partial charge on any atom is 0.254 e. The first kappa shape index (κ1) is 14.7. The van der Waals surface area contributed by atoms with Crippen LogP contribution in [0, 0.1) is 12.7 Å². The third kappa shape index (κ3) is 3.25. The smallest absolute Gasteiger partial charge is 0.254 e. The standard InChI is InChI=1S/C16H18FNOS/c1-11-6-7-12(13(17)9-11)15(19)18-10-16(2,3)14-5-4-8-20-14/h4-9H,10H2,1-3H3,(H,18,19). The highest BCUT2D eigenvalue weighted by atomic mass is 32.1. The number of rotatable bonds is 4. The molecule has 0 fully saturated rings. The molecule has 0 bridgehead atoms. The highest BCUT2D eigenvalue weighted by Crippen LogP contribution is 2.26. The molecule has 0 atom stereocenters. The van der Waals surface area contributed by atoms with Gasteiger partial charge in [-0.05, 0) is 36.1 Å². The molecule has 0 unspecified atom stereocenters. The van der Waals surface area contributed by atoms with Gasteiger partial charge in [-0.2, -0.15) is 0 Å². The Balaban J connectivity index is 2.05. The number of amides is 1. The van der Waals surface area contributed by atoms with E-state index in [1.165, 1.54) is 17.0 Å². The van der Waals surface area contributed by atoms with Crippen molar-refractivity contribution in [2.45, 2.75) is 26.2 Å². The molecule has 1 aromatic carbocycles. The van der Waals surface area contributed by atoms with Crippen molar-refractivity contribution in [3.05, 3.63) is 57.5 Å². The third-order valence-electron chi connectivity index (χ3n) is 3.25. The lowest BCUT2D eigenvalue weighted by Gasteiger charge is -2.23. The Labute approximate surface area is 122 Å². The predicted octanol–water partition coefficient (Wildman–Crippen LogP) is 3.90. The molecule has 1 N–H and O–H groups in total. The second-order valence-electron chi connectivity index (χ2n) is 5.53. The zero-order valence-electron chi connectivity index (χ0n) is 11.9. The number of nitrogens with one attached hydrogen (secondary N) is 1. The third-order valence-corrected chi connectivity index (χ3v) is 4.48. The molecule has 0 aliphatic carbocycles. The minimum absolute atomic E-state index is 0.0950. The van der Waals surface area contributed by atoms with Gasteiger partial charge in [-0.15, -0.1) is 11.3 Å². The molecule has 1 heterocycles. The zero-order chi connectivity index (χ0) is 14.8. The number of carbonyl (C=O) groups is 1. The largest absolute Gasteiger partial charge is 0.351 e. The highest BCUT2D eigenvalue weighted by Gasteiger charge is 2.23. The molecule has 0 aliphatic rings. The second kappa shape index (κ2) is 5.75. The molecule has 0 spiro atoms. The van der Waals surface area contributed by atoms with E-state index >= 15 is 0 Å². The fourth-order valence-electron chi connectivity index (χ4n) is 1.95. The molecule has 20 heavy (non-hydrogen) atoms. The molecule has 106 valence electrons. The van der Waals surface area contributed by atoms with E-state index < -0.39 is 5.82 Å². The zero-order valence-corrected chi connectivity index (χ0v) is 12.7. The quantitative estimate of drug-likeness (QED) is 0.909. The SMILES string of the molecule is Cc1ccc(C(=O)NCC(C)(C)c2cccs2)c(F)c1. The summed E-state index contributed by atoms with van der Waals surface area (Å²) in [5.74, 6) is -0.844. The summed E-state index contributed by atoms with van der Waals surface area (Å²) in [4.78, 5) is 13.2. The topological polar surface area (TPSA) is 29.1 Å². The van der Waals surface area contributed by atoms with E-state index in [-0.39, 0.29) is 16.9 Å². The summed E-state index contributed by atoms with van der Waals surface area (Å²) in [5.41, 5.74) is 0.737. The van der Waals surface area contributed by atoms with Crippen LogP contribution in [0.15, 0.2) is 35.7 Å². The number of carbonyl (C=O) groups excluding carboxylic acids is 1. The van der Waals surface area contributed by atoms with Crippen molar-refractivity contribution in [2.24, 2.45) is 0 Å². The average Bonchev–Trinajstić information content (AvgIpc) is 2.90. The van der Waals surface area contributed by atoms with Crippen LogP contribution in [0.4, 0.5) is 4.39 Å². The van der Waals surface area contributed by atoms with Gasteiger partial charge in [-0.1, -0.05) is 26.0 Å². The molecule has 0 aliphatic heterocycles.